The third kappa shape index (κ3) is 5.29. The molecule has 3 aromatic rings. The van der Waals surface area contributed by atoms with Crippen LogP contribution in [0.15, 0.2) is 41.4 Å². The molecule has 2 N–H and O–H groups in total. The van der Waals surface area contributed by atoms with Crippen LogP contribution in [0, 0.1) is 13.8 Å². The highest BCUT2D eigenvalue weighted by molar-refractivity contribution is 7.19. The molecule has 0 bridgehead atoms. The van der Waals surface area contributed by atoms with Crippen molar-refractivity contribution >= 4 is 28.7 Å². The maximum Gasteiger partial charge on any atom is 0.323 e. The van der Waals surface area contributed by atoms with E-state index in [1.165, 1.54) is 11.3 Å². The number of aliphatic imine (C=N–C) groups is 1. The van der Waals surface area contributed by atoms with Gasteiger partial charge in [-0.1, -0.05) is 29.5 Å². The molecule has 0 radical (unpaired) electrons. The van der Waals surface area contributed by atoms with Gasteiger partial charge in [0, 0.05) is 55.4 Å². The van der Waals surface area contributed by atoms with Gasteiger partial charge >= 0.3 is 6.03 Å². The minimum atomic E-state index is -0.114. The molecule has 1 saturated heterocycles. The van der Waals surface area contributed by atoms with E-state index in [-0.39, 0.29) is 18.1 Å². The lowest BCUT2D eigenvalue weighted by molar-refractivity contribution is 0.161. The fraction of sp³-hybridized carbons (Fsp3) is 0.360. The molecule has 7 nitrogen and oxygen atoms in total. The number of urea groups is 1. The van der Waals surface area contributed by atoms with Gasteiger partial charge in [-0.25, -0.2) is 9.78 Å². The first-order valence-corrected chi connectivity index (χ1v) is 12.0. The molecule has 2 amide bonds. The van der Waals surface area contributed by atoms with Gasteiger partial charge in [0.15, 0.2) is 5.13 Å². The molecule has 2 aromatic heterocycles. The highest BCUT2D eigenvalue weighted by Crippen LogP contribution is 2.39. The standard InChI is InChI=1S/C25H30N6OS/c1-15-9-21(10-16(2)28-15)23-22(20-8-6-7-19(11-20)13-26-5)29-24(33-23)30-25(32)31-14-17(3)27-12-18(31)4/h6-11,13,17-18,27H,12,14H2,1-5H3,(H,29,30,32)/t17-,18+/m1/s1. The quantitative estimate of drug-likeness (QED) is 0.548. The van der Waals surface area contributed by atoms with Crippen molar-refractivity contribution in [3.05, 3.63) is 53.3 Å². The summed E-state index contributed by atoms with van der Waals surface area (Å²) in [5.74, 6) is 0. The average molecular weight is 463 g/mol. The normalized spacial score (nSPS) is 18.6. The van der Waals surface area contributed by atoms with Gasteiger partial charge < -0.3 is 10.2 Å². The average Bonchev–Trinajstić information content (AvgIpc) is 3.19. The monoisotopic (exact) mass is 462 g/mol. The topological polar surface area (TPSA) is 82.5 Å². The van der Waals surface area contributed by atoms with Gasteiger partial charge in [-0.15, -0.1) is 0 Å². The number of rotatable bonds is 4. The number of amides is 2. The SMILES string of the molecule is CN=Cc1cccc(-c2nc(NC(=O)N3C[C@@H](C)NC[C@@H]3C)sc2-c2cc(C)nc(C)c2)c1. The second-order valence-electron chi connectivity index (χ2n) is 8.59. The van der Waals surface area contributed by atoms with Crippen LogP contribution in [0.2, 0.25) is 0 Å². The van der Waals surface area contributed by atoms with Crippen LogP contribution in [0.4, 0.5) is 9.93 Å². The Morgan fingerprint density at radius 3 is 2.67 bits per heavy atom. The summed E-state index contributed by atoms with van der Waals surface area (Å²) in [4.78, 5) is 29.5. The summed E-state index contributed by atoms with van der Waals surface area (Å²) < 4.78 is 0. The molecule has 8 heteroatoms. The molecule has 172 valence electrons. The number of piperazine rings is 1. The maximum absolute atomic E-state index is 13.1. The largest absolute Gasteiger partial charge is 0.323 e. The number of thiazole rings is 1. The first-order valence-electron chi connectivity index (χ1n) is 11.1. The third-order valence-corrected chi connectivity index (χ3v) is 6.67. The van der Waals surface area contributed by atoms with E-state index >= 15 is 0 Å². The van der Waals surface area contributed by atoms with E-state index in [1.54, 1.807) is 7.05 Å². The van der Waals surface area contributed by atoms with Crippen LogP contribution in [0.3, 0.4) is 0 Å². The number of anilines is 1. The van der Waals surface area contributed by atoms with Crippen molar-refractivity contribution in [3.8, 4) is 21.7 Å². The Bertz CT molecular complexity index is 1170. The zero-order chi connectivity index (χ0) is 23.5. The Hall–Kier alpha value is -3.10. The molecule has 1 aromatic carbocycles. The summed E-state index contributed by atoms with van der Waals surface area (Å²) in [6, 6.07) is 12.5. The molecule has 2 atom stereocenters. The highest BCUT2D eigenvalue weighted by atomic mass is 32.1. The maximum atomic E-state index is 13.1. The molecule has 0 spiro atoms. The lowest BCUT2D eigenvalue weighted by Crippen LogP contribution is -2.57. The smallest absolute Gasteiger partial charge is 0.319 e. The number of aromatic nitrogens is 2. The Labute approximate surface area is 199 Å². The van der Waals surface area contributed by atoms with Crippen LogP contribution in [-0.2, 0) is 0 Å². The molecule has 33 heavy (non-hydrogen) atoms. The van der Waals surface area contributed by atoms with E-state index in [2.05, 4.69) is 52.7 Å². The first-order chi connectivity index (χ1) is 15.8. The summed E-state index contributed by atoms with van der Waals surface area (Å²) in [7, 11) is 1.76. The lowest BCUT2D eigenvalue weighted by Gasteiger charge is -2.37. The van der Waals surface area contributed by atoms with Crippen LogP contribution >= 0.6 is 11.3 Å². The molecule has 0 saturated carbocycles. The van der Waals surface area contributed by atoms with Crippen LogP contribution in [0.1, 0.15) is 30.8 Å². The molecule has 1 aliphatic heterocycles. The van der Waals surface area contributed by atoms with Crippen molar-refractivity contribution in [1.29, 1.82) is 0 Å². The summed E-state index contributed by atoms with van der Waals surface area (Å²) in [5.41, 5.74) is 5.77. The van der Waals surface area contributed by atoms with E-state index in [9.17, 15) is 4.79 Å². The van der Waals surface area contributed by atoms with Crippen molar-refractivity contribution in [2.75, 3.05) is 25.5 Å². The number of pyridine rings is 1. The van der Waals surface area contributed by atoms with Crippen LogP contribution in [0.25, 0.3) is 21.7 Å². The van der Waals surface area contributed by atoms with Crippen molar-refractivity contribution < 1.29 is 4.79 Å². The van der Waals surface area contributed by atoms with E-state index in [0.717, 1.165) is 45.2 Å². The fourth-order valence-corrected chi connectivity index (χ4v) is 5.08. The molecule has 3 heterocycles. The van der Waals surface area contributed by atoms with E-state index < -0.39 is 0 Å². The molecular formula is C25H30N6OS. The molecule has 4 rings (SSSR count). The molecule has 1 aliphatic rings. The third-order valence-electron chi connectivity index (χ3n) is 5.65. The number of hydrogen-bond donors (Lipinski definition) is 2. The van der Waals surface area contributed by atoms with Gasteiger partial charge in [-0.3, -0.25) is 15.3 Å². The number of benzene rings is 1. The Morgan fingerprint density at radius 1 is 1.18 bits per heavy atom. The van der Waals surface area contributed by atoms with Crippen molar-refractivity contribution in [1.82, 2.24) is 20.2 Å². The van der Waals surface area contributed by atoms with Crippen LogP contribution in [0.5, 0.6) is 0 Å². The number of nitrogens with one attached hydrogen (secondary N) is 2. The van der Waals surface area contributed by atoms with Gasteiger partial charge in [0.05, 0.1) is 10.6 Å². The highest BCUT2D eigenvalue weighted by Gasteiger charge is 2.27. The number of carbonyl (C=O) groups excluding carboxylic acids is 1. The van der Waals surface area contributed by atoms with Crippen molar-refractivity contribution in [2.24, 2.45) is 4.99 Å². The molecule has 1 fully saturated rings. The lowest BCUT2D eigenvalue weighted by atomic mass is 10.0. The van der Waals surface area contributed by atoms with E-state index in [4.69, 9.17) is 4.98 Å². The van der Waals surface area contributed by atoms with Crippen LogP contribution < -0.4 is 10.6 Å². The van der Waals surface area contributed by atoms with Gasteiger partial charge in [0.2, 0.25) is 0 Å². The van der Waals surface area contributed by atoms with Gasteiger partial charge in [-0.05, 0) is 57.0 Å². The second-order valence-corrected chi connectivity index (χ2v) is 9.59. The number of hydrogen-bond acceptors (Lipinski definition) is 6. The van der Waals surface area contributed by atoms with Gasteiger partial charge in [0.25, 0.3) is 0 Å². The Balaban J connectivity index is 1.74. The Morgan fingerprint density at radius 2 is 1.94 bits per heavy atom. The van der Waals surface area contributed by atoms with Crippen LogP contribution in [-0.4, -0.2) is 59.3 Å². The number of nitrogens with zero attached hydrogens (tertiary/aromatic N) is 4. The zero-order valence-corrected chi connectivity index (χ0v) is 20.5. The van der Waals surface area contributed by atoms with Gasteiger partial charge in [0.1, 0.15) is 0 Å². The summed E-state index contributed by atoms with van der Waals surface area (Å²) in [6.07, 6.45) is 1.83. The predicted octanol–water partition coefficient (Wildman–Crippen LogP) is 4.75. The molecule has 0 aliphatic carbocycles. The predicted molar refractivity (Wildman–Crippen MR) is 136 cm³/mol. The Kier molecular flexibility index (Phi) is 6.85. The zero-order valence-electron chi connectivity index (χ0n) is 19.7. The van der Waals surface area contributed by atoms with Gasteiger partial charge in [-0.2, -0.15) is 0 Å². The summed E-state index contributed by atoms with van der Waals surface area (Å²) in [5, 5.41) is 7.06. The minimum absolute atomic E-state index is 0.114. The summed E-state index contributed by atoms with van der Waals surface area (Å²) in [6.45, 7) is 9.58. The second kappa shape index (κ2) is 9.80. The number of aryl methyl sites for hydroxylation is 2. The van der Waals surface area contributed by atoms with E-state index in [0.29, 0.717) is 11.7 Å². The minimum Gasteiger partial charge on any atom is -0.319 e. The first kappa shape index (κ1) is 23.1. The van der Waals surface area contributed by atoms with E-state index in [1.807, 2.05) is 43.2 Å². The van der Waals surface area contributed by atoms with Crippen molar-refractivity contribution in [2.45, 2.75) is 39.8 Å². The number of carbonyl (C=O) groups is 1. The molecule has 0 unspecified atom stereocenters. The fourth-order valence-electron chi connectivity index (χ4n) is 4.11. The summed E-state index contributed by atoms with van der Waals surface area (Å²) >= 11 is 1.49. The molecular weight excluding hydrogens is 432 g/mol. The van der Waals surface area contributed by atoms with Crippen molar-refractivity contribution in [3.63, 3.8) is 0 Å².